The second-order valence-electron chi connectivity index (χ2n) is 3.86. The first-order valence-corrected chi connectivity index (χ1v) is 5.44. The summed E-state index contributed by atoms with van der Waals surface area (Å²) in [5.74, 6) is -1.46. The van der Waals surface area contributed by atoms with Crippen LogP contribution >= 0.6 is 0 Å². The molecular formula is C12H9F3N2O3. The summed E-state index contributed by atoms with van der Waals surface area (Å²) in [7, 11) is 0. The van der Waals surface area contributed by atoms with E-state index < -0.39 is 12.3 Å². The molecule has 0 aliphatic carbocycles. The van der Waals surface area contributed by atoms with Gasteiger partial charge in [0.05, 0.1) is 6.20 Å². The molecule has 5 nitrogen and oxygen atoms in total. The van der Waals surface area contributed by atoms with Crippen molar-refractivity contribution in [3.63, 3.8) is 0 Å². The number of benzene rings is 1. The van der Waals surface area contributed by atoms with Gasteiger partial charge in [0.15, 0.2) is 0 Å². The highest BCUT2D eigenvalue weighted by molar-refractivity contribution is 5.70. The van der Waals surface area contributed by atoms with Gasteiger partial charge in [-0.3, -0.25) is 9.48 Å². The van der Waals surface area contributed by atoms with E-state index >= 15 is 0 Å². The lowest BCUT2D eigenvalue weighted by Gasteiger charge is -2.11. The zero-order valence-corrected chi connectivity index (χ0v) is 9.96. The number of aromatic nitrogens is 2. The molecule has 0 saturated carbocycles. The third-order valence-electron chi connectivity index (χ3n) is 2.35. The maximum atomic E-state index is 12.3. The molecule has 0 aliphatic heterocycles. The minimum absolute atomic E-state index is 0.182. The van der Waals surface area contributed by atoms with Crippen LogP contribution in [-0.4, -0.2) is 27.2 Å². The van der Waals surface area contributed by atoms with Gasteiger partial charge in [-0.15, -0.1) is 13.2 Å². The van der Waals surface area contributed by atoms with E-state index in [9.17, 15) is 18.0 Å². The predicted molar refractivity (Wildman–Crippen MR) is 62.0 cm³/mol. The fraction of sp³-hybridized carbons (Fsp3) is 0.167. The molecular weight excluding hydrogens is 277 g/mol. The topological polar surface area (TPSA) is 64.3 Å². The van der Waals surface area contributed by atoms with Crippen LogP contribution in [0, 0.1) is 0 Å². The summed E-state index contributed by atoms with van der Waals surface area (Å²) in [6.07, 6.45) is -2.18. The van der Waals surface area contributed by atoms with Gasteiger partial charge in [0.25, 0.3) is 0 Å². The zero-order chi connectivity index (χ0) is 14.8. The van der Waals surface area contributed by atoms with Crippen molar-refractivity contribution < 1.29 is 27.8 Å². The first kappa shape index (κ1) is 13.9. The number of carboxylic acids is 1. The average Bonchev–Trinajstić information content (AvgIpc) is 2.75. The average molecular weight is 286 g/mol. The van der Waals surface area contributed by atoms with Crippen molar-refractivity contribution in [2.75, 3.05) is 0 Å². The number of aliphatic carboxylic acids is 1. The Labute approximate surface area is 111 Å². The molecule has 0 bridgehead atoms. The Balaban J connectivity index is 2.32. The van der Waals surface area contributed by atoms with Crippen LogP contribution in [-0.2, 0) is 11.3 Å². The summed E-state index contributed by atoms with van der Waals surface area (Å²) in [6, 6.07) is 5.57. The summed E-state index contributed by atoms with van der Waals surface area (Å²) in [5, 5.41) is 12.4. The molecule has 0 amide bonds. The molecule has 1 aromatic heterocycles. The molecule has 1 N–H and O–H groups in total. The van der Waals surface area contributed by atoms with Crippen LogP contribution in [0.5, 0.6) is 5.75 Å². The molecule has 0 atom stereocenters. The Morgan fingerprint density at radius 3 is 2.70 bits per heavy atom. The third kappa shape index (κ3) is 3.50. The van der Waals surface area contributed by atoms with Gasteiger partial charge in [0.1, 0.15) is 12.3 Å². The number of hydrogen-bond donors (Lipinski definition) is 1. The molecule has 0 fully saturated rings. The van der Waals surface area contributed by atoms with Gasteiger partial charge in [0.2, 0.25) is 0 Å². The molecule has 0 unspecified atom stereocenters. The highest BCUT2D eigenvalue weighted by Crippen LogP contribution is 2.33. The van der Waals surface area contributed by atoms with Crippen molar-refractivity contribution >= 4 is 5.97 Å². The predicted octanol–water partition coefficient (Wildman–Crippen LogP) is 2.53. The standard InChI is InChI=1S/C12H9F3N2O3/c13-12(14,15)20-10-4-2-1-3-9(10)8-5-16-17(6-8)7-11(18)19/h1-6H,7H2,(H,18,19). The van der Waals surface area contributed by atoms with Gasteiger partial charge >= 0.3 is 12.3 Å². The normalized spacial score (nSPS) is 11.3. The molecule has 0 saturated heterocycles. The van der Waals surface area contributed by atoms with E-state index in [1.807, 2.05) is 0 Å². The molecule has 2 rings (SSSR count). The van der Waals surface area contributed by atoms with E-state index in [2.05, 4.69) is 9.84 Å². The van der Waals surface area contributed by atoms with Crippen LogP contribution in [0.15, 0.2) is 36.7 Å². The van der Waals surface area contributed by atoms with Crippen LogP contribution in [0.1, 0.15) is 0 Å². The quantitative estimate of drug-likeness (QED) is 0.938. The Morgan fingerprint density at radius 1 is 1.35 bits per heavy atom. The largest absolute Gasteiger partial charge is 0.573 e. The molecule has 2 aromatic rings. The molecule has 1 heterocycles. The Morgan fingerprint density at radius 2 is 2.05 bits per heavy atom. The Hall–Kier alpha value is -2.51. The first-order valence-electron chi connectivity index (χ1n) is 5.44. The molecule has 8 heteroatoms. The van der Waals surface area contributed by atoms with E-state index in [1.165, 1.54) is 30.6 Å². The number of rotatable bonds is 4. The maximum Gasteiger partial charge on any atom is 0.573 e. The van der Waals surface area contributed by atoms with Gasteiger partial charge in [-0.2, -0.15) is 5.10 Å². The molecule has 0 radical (unpaired) electrons. The summed E-state index contributed by atoms with van der Waals surface area (Å²) in [5.41, 5.74) is 0.521. The van der Waals surface area contributed by atoms with Gasteiger partial charge < -0.3 is 9.84 Å². The first-order chi connectivity index (χ1) is 9.35. The minimum atomic E-state index is -4.80. The van der Waals surface area contributed by atoms with E-state index in [-0.39, 0.29) is 17.9 Å². The Kier molecular flexibility index (Phi) is 3.64. The summed E-state index contributed by atoms with van der Waals surface area (Å²) in [4.78, 5) is 10.5. The minimum Gasteiger partial charge on any atom is -0.480 e. The number of halogens is 3. The van der Waals surface area contributed by atoms with Crippen LogP contribution < -0.4 is 4.74 Å². The summed E-state index contributed by atoms with van der Waals surface area (Å²) < 4.78 is 41.9. The fourth-order valence-corrected chi connectivity index (χ4v) is 1.65. The van der Waals surface area contributed by atoms with Crippen molar-refractivity contribution in [3.8, 4) is 16.9 Å². The fourth-order valence-electron chi connectivity index (χ4n) is 1.65. The number of alkyl halides is 3. The van der Waals surface area contributed by atoms with Crippen molar-refractivity contribution in [2.24, 2.45) is 0 Å². The second kappa shape index (κ2) is 5.24. The number of hydrogen-bond acceptors (Lipinski definition) is 3. The number of carbonyl (C=O) groups is 1. The summed E-state index contributed by atoms with van der Waals surface area (Å²) >= 11 is 0. The van der Waals surface area contributed by atoms with Crippen molar-refractivity contribution in [2.45, 2.75) is 12.9 Å². The van der Waals surface area contributed by atoms with E-state index in [1.54, 1.807) is 6.07 Å². The number of nitrogens with zero attached hydrogens (tertiary/aromatic N) is 2. The lowest BCUT2D eigenvalue weighted by molar-refractivity contribution is -0.274. The van der Waals surface area contributed by atoms with Crippen molar-refractivity contribution in [1.82, 2.24) is 9.78 Å². The number of ether oxygens (including phenoxy) is 1. The second-order valence-corrected chi connectivity index (χ2v) is 3.86. The van der Waals surface area contributed by atoms with Crippen molar-refractivity contribution in [3.05, 3.63) is 36.7 Å². The molecule has 20 heavy (non-hydrogen) atoms. The van der Waals surface area contributed by atoms with Crippen LogP contribution in [0.2, 0.25) is 0 Å². The van der Waals surface area contributed by atoms with Gasteiger partial charge in [-0.25, -0.2) is 0 Å². The lowest BCUT2D eigenvalue weighted by Crippen LogP contribution is -2.17. The molecule has 1 aromatic carbocycles. The molecule has 0 spiro atoms. The molecule has 106 valence electrons. The maximum absolute atomic E-state index is 12.3. The van der Waals surface area contributed by atoms with Crippen LogP contribution in [0.25, 0.3) is 11.1 Å². The van der Waals surface area contributed by atoms with Crippen molar-refractivity contribution in [1.29, 1.82) is 0 Å². The highest BCUT2D eigenvalue weighted by Gasteiger charge is 2.32. The smallest absolute Gasteiger partial charge is 0.480 e. The monoisotopic (exact) mass is 286 g/mol. The van der Waals surface area contributed by atoms with Crippen LogP contribution in [0.3, 0.4) is 0 Å². The van der Waals surface area contributed by atoms with Crippen LogP contribution in [0.4, 0.5) is 13.2 Å². The lowest BCUT2D eigenvalue weighted by atomic mass is 10.1. The Bertz CT molecular complexity index is 622. The SMILES string of the molecule is O=C(O)Cn1cc(-c2ccccc2OC(F)(F)F)cn1. The third-order valence-corrected chi connectivity index (χ3v) is 2.35. The molecule has 0 aliphatic rings. The van der Waals surface area contributed by atoms with Gasteiger partial charge in [0, 0.05) is 17.3 Å². The van der Waals surface area contributed by atoms with E-state index in [0.29, 0.717) is 5.56 Å². The van der Waals surface area contributed by atoms with E-state index in [0.717, 1.165) is 4.68 Å². The van der Waals surface area contributed by atoms with Gasteiger partial charge in [-0.05, 0) is 6.07 Å². The number of carboxylic acid groups (broad SMARTS) is 1. The highest BCUT2D eigenvalue weighted by atomic mass is 19.4. The van der Waals surface area contributed by atoms with Gasteiger partial charge in [-0.1, -0.05) is 18.2 Å². The number of para-hydroxylation sites is 1. The summed E-state index contributed by atoms with van der Waals surface area (Å²) in [6.45, 7) is -0.373. The van der Waals surface area contributed by atoms with E-state index in [4.69, 9.17) is 5.11 Å². The zero-order valence-electron chi connectivity index (χ0n) is 9.96.